The number of oxazole rings is 1. The highest BCUT2D eigenvalue weighted by atomic mass is 79.9. The maximum absolute atomic E-state index is 12.1. The molecule has 3 aromatic carbocycles. The molecule has 33 heavy (non-hydrogen) atoms. The maximum atomic E-state index is 12.1. The topological polar surface area (TPSA) is 86.0 Å². The molecule has 4 aromatic rings. The first kappa shape index (κ1) is 22.9. The van der Waals surface area contributed by atoms with Gasteiger partial charge in [0, 0.05) is 0 Å². The number of amides is 1. The lowest BCUT2D eigenvalue weighted by Gasteiger charge is -2.13. The van der Waals surface area contributed by atoms with Gasteiger partial charge in [-0.2, -0.15) is 5.10 Å². The van der Waals surface area contributed by atoms with E-state index in [0.29, 0.717) is 28.9 Å². The minimum absolute atomic E-state index is 0.128. The molecule has 0 saturated heterocycles. The van der Waals surface area contributed by atoms with Gasteiger partial charge in [0.05, 0.1) is 23.5 Å². The van der Waals surface area contributed by atoms with Crippen molar-refractivity contribution in [2.45, 2.75) is 11.8 Å². The number of halogens is 1. The summed E-state index contributed by atoms with van der Waals surface area (Å²) < 4.78 is 17.7. The lowest BCUT2D eigenvalue weighted by Crippen LogP contribution is -2.19. The summed E-state index contributed by atoms with van der Waals surface area (Å²) in [6.07, 6.45) is 1.54. The molecule has 0 unspecified atom stereocenters. The molecule has 1 amide bonds. The number of rotatable bonds is 9. The summed E-state index contributed by atoms with van der Waals surface area (Å²) in [6, 6.07) is 20.9. The summed E-state index contributed by atoms with van der Waals surface area (Å²) in [7, 11) is 1.57. The van der Waals surface area contributed by atoms with Gasteiger partial charge in [0.15, 0.2) is 17.1 Å². The summed E-state index contributed by atoms with van der Waals surface area (Å²) in [5, 5.41) is 4.47. The Hall–Kier alpha value is -3.30. The van der Waals surface area contributed by atoms with E-state index in [2.05, 4.69) is 31.4 Å². The number of thioether (sulfide) groups is 1. The average Bonchev–Trinajstić information content (AvgIpc) is 3.25. The van der Waals surface area contributed by atoms with E-state index < -0.39 is 0 Å². The van der Waals surface area contributed by atoms with Gasteiger partial charge in [0.25, 0.3) is 11.1 Å². The fraction of sp³-hybridized carbons (Fsp3) is 0.125. The van der Waals surface area contributed by atoms with Crippen LogP contribution in [0.25, 0.3) is 11.1 Å². The number of hydrogen-bond acceptors (Lipinski definition) is 7. The highest BCUT2D eigenvalue weighted by molar-refractivity contribution is 9.10. The zero-order chi connectivity index (χ0) is 23.0. The third-order valence-corrected chi connectivity index (χ3v) is 5.90. The summed E-state index contributed by atoms with van der Waals surface area (Å²) in [5.41, 5.74) is 5.74. The molecule has 0 atom stereocenters. The number of hydrogen-bond donors (Lipinski definition) is 1. The lowest BCUT2D eigenvalue weighted by molar-refractivity contribution is -0.118. The second kappa shape index (κ2) is 11.0. The Labute approximate surface area is 203 Å². The van der Waals surface area contributed by atoms with Gasteiger partial charge >= 0.3 is 0 Å². The summed E-state index contributed by atoms with van der Waals surface area (Å²) in [6.45, 7) is 0.414. The zero-order valence-corrected chi connectivity index (χ0v) is 20.1. The first-order chi connectivity index (χ1) is 16.1. The minimum Gasteiger partial charge on any atom is -0.493 e. The van der Waals surface area contributed by atoms with Crippen molar-refractivity contribution in [1.82, 2.24) is 10.4 Å². The number of para-hydroxylation sites is 2. The maximum Gasteiger partial charge on any atom is 0.257 e. The van der Waals surface area contributed by atoms with Crippen molar-refractivity contribution in [3.63, 3.8) is 0 Å². The first-order valence-corrected chi connectivity index (χ1v) is 11.7. The van der Waals surface area contributed by atoms with Gasteiger partial charge in [-0.3, -0.25) is 4.79 Å². The Morgan fingerprint density at radius 2 is 1.97 bits per heavy atom. The number of aromatic nitrogens is 1. The van der Waals surface area contributed by atoms with Gasteiger partial charge in [-0.25, -0.2) is 10.4 Å². The molecule has 1 heterocycles. The van der Waals surface area contributed by atoms with E-state index in [0.717, 1.165) is 21.1 Å². The van der Waals surface area contributed by atoms with Gasteiger partial charge < -0.3 is 13.9 Å². The molecular weight excluding hydrogens is 506 g/mol. The number of hydrazone groups is 1. The molecule has 0 fully saturated rings. The van der Waals surface area contributed by atoms with Crippen LogP contribution in [0, 0.1) is 0 Å². The van der Waals surface area contributed by atoms with Gasteiger partial charge in [-0.1, -0.05) is 54.2 Å². The molecule has 0 aliphatic carbocycles. The van der Waals surface area contributed by atoms with Crippen LogP contribution < -0.4 is 14.9 Å². The van der Waals surface area contributed by atoms with Crippen molar-refractivity contribution >= 4 is 50.9 Å². The standard InChI is InChI=1S/C24H20BrN3O4S/c1-30-21-12-17(11-18(25)23(21)31-14-16-7-3-2-4-8-16)13-26-28-22(29)15-33-24-27-19-9-5-6-10-20(19)32-24/h2-13H,14-15H2,1H3,(H,28,29)/b26-13-. The summed E-state index contributed by atoms with van der Waals surface area (Å²) >= 11 is 4.73. The van der Waals surface area contributed by atoms with Crippen molar-refractivity contribution in [2.24, 2.45) is 5.10 Å². The fourth-order valence-corrected chi connectivity index (χ4v) is 4.14. The quantitative estimate of drug-likeness (QED) is 0.178. The Morgan fingerprint density at radius 1 is 1.18 bits per heavy atom. The monoisotopic (exact) mass is 525 g/mol. The third-order valence-electron chi connectivity index (χ3n) is 4.48. The summed E-state index contributed by atoms with van der Waals surface area (Å²) in [5.74, 6) is 1.01. The Kier molecular flexibility index (Phi) is 7.64. The van der Waals surface area contributed by atoms with Crippen molar-refractivity contribution in [2.75, 3.05) is 12.9 Å². The second-order valence-electron chi connectivity index (χ2n) is 6.84. The zero-order valence-electron chi connectivity index (χ0n) is 17.7. The van der Waals surface area contributed by atoms with E-state index in [1.807, 2.05) is 60.7 Å². The molecule has 0 spiro atoms. The largest absolute Gasteiger partial charge is 0.493 e. The number of fused-ring (bicyclic) bond motifs is 1. The van der Waals surface area contributed by atoms with Gasteiger partial charge in [-0.05, 0) is 51.3 Å². The van der Waals surface area contributed by atoms with E-state index in [1.165, 1.54) is 18.0 Å². The van der Waals surface area contributed by atoms with Crippen LogP contribution in [0.5, 0.6) is 11.5 Å². The number of carbonyl (C=O) groups is 1. The number of methoxy groups -OCH3 is 1. The molecule has 168 valence electrons. The van der Waals surface area contributed by atoms with Crippen molar-refractivity contribution < 1.29 is 18.7 Å². The van der Waals surface area contributed by atoms with Crippen LogP contribution in [0.4, 0.5) is 0 Å². The lowest BCUT2D eigenvalue weighted by atomic mass is 10.2. The number of ether oxygens (including phenoxy) is 2. The molecule has 1 N–H and O–H groups in total. The van der Waals surface area contributed by atoms with E-state index in [-0.39, 0.29) is 11.7 Å². The molecule has 4 rings (SSSR count). The molecule has 0 radical (unpaired) electrons. The molecule has 0 saturated carbocycles. The number of carbonyl (C=O) groups excluding carboxylic acids is 1. The smallest absolute Gasteiger partial charge is 0.257 e. The highest BCUT2D eigenvalue weighted by Crippen LogP contribution is 2.36. The Morgan fingerprint density at radius 3 is 2.76 bits per heavy atom. The molecule has 0 aliphatic heterocycles. The second-order valence-corrected chi connectivity index (χ2v) is 8.62. The van der Waals surface area contributed by atoms with E-state index in [9.17, 15) is 4.79 Å². The number of nitrogens with zero attached hydrogens (tertiary/aromatic N) is 2. The van der Waals surface area contributed by atoms with Crippen molar-refractivity contribution in [3.8, 4) is 11.5 Å². The number of benzene rings is 3. The molecule has 9 heteroatoms. The Balaban J connectivity index is 1.33. The highest BCUT2D eigenvalue weighted by Gasteiger charge is 2.12. The predicted molar refractivity (Wildman–Crippen MR) is 132 cm³/mol. The van der Waals surface area contributed by atoms with E-state index in [4.69, 9.17) is 13.9 Å². The van der Waals surface area contributed by atoms with Crippen LogP contribution in [-0.2, 0) is 11.4 Å². The minimum atomic E-state index is -0.271. The van der Waals surface area contributed by atoms with Gasteiger partial charge in [-0.15, -0.1) is 0 Å². The normalized spacial score (nSPS) is 11.1. The number of nitrogens with one attached hydrogen (secondary N) is 1. The molecule has 0 bridgehead atoms. The van der Waals surface area contributed by atoms with Crippen LogP contribution in [-0.4, -0.2) is 30.0 Å². The van der Waals surface area contributed by atoms with Crippen molar-refractivity contribution in [1.29, 1.82) is 0 Å². The Bertz CT molecular complexity index is 1240. The van der Waals surface area contributed by atoms with Crippen LogP contribution in [0.15, 0.2) is 85.9 Å². The molecular formula is C24H20BrN3O4S. The SMILES string of the molecule is COc1cc(/C=N\NC(=O)CSc2nc3ccccc3o2)cc(Br)c1OCc1ccccc1. The third kappa shape index (κ3) is 6.15. The summed E-state index contributed by atoms with van der Waals surface area (Å²) in [4.78, 5) is 16.4. The van der Waals surface area contributed by atoms with Gasteiger partial charge in [0.1, 0.15) is 12.1 Å². The van der Waals surface area contributed by atoms with E-state index >= 15 is 0 Å². The van der Waals surface area contributed by atoms with Crippen LogP contribution in [0.2, 0.25) is 0 Å². The first-order valence-electron chi connectivity index (χ1n) is 9.97. The molecule has 7 nitrogen and oxygen atoms in total. The van der Waals surface area contributed by atoms with Crippen LogP contribution >= 0.6 is 27.7 Å². The average molecular weight is 526 g/mol. The van der Waals surface area contributed by atoms with Gasteiger partial charge in [0.2, 0.25) is 0 Å². The molecule has 0 aliphatic rings. The fourth-order valence-electron chi connectivity index (χ4n) is 2.94. The molecule has 1 aromatic heterocycles. The van der Waals surface area contributed by atoms with Crippen molar-refractivity contribution in [3.05, 3.63) is 82.3 Å². The van der Waals surface area contributed by atoms with Crippen LogP contribution in [0.3, 0.4) is 0 Å². The van der Waals surface area contributed by atoms with E-state index in [1.54, 1.807) is 13.2 Å². The van der Waals surface area contributed by atoms with Crippen LogP contribution in [0.1, 0.15) is 11.1 Å². The predicted octanol–water partition coefficient (Wildman–Crippen LogP) is 5.42.